The van der Waals surface area contributed by atoms with E-state index < -0.39 is 8.60 Å². The van der Waals surface area contributed by atoms with Crippen molar-refractivity contribution in [3.8, 4) is 0 Å². The predicted molar refractivity (Wildman–Crippen MR) is 19.9 cm³/mol. The third kappa shape index (κ3) is 264. The summed E-state index contributed by atoms with van der Waals surface area (Å²) in [4.78, 5) is 25.4. The van der Waals surface area contributed by atoms with E-state index in [1.807, 2.05) is 0 Å². The summed E-state index contributed by atoms with van der Waals surface area (Å²) in [5, 5.41) is 0. The Morgan fingerprint density at radius 2 is 0.857 bits per heavy atom. The maximum absolute atomic E-state index is 8.48. The van der Waals surface area contributed by atoms with Crippen molar-refractivity contribution in [1.29, 1.82) is 0 Å². The molecular weight excluding hydrogens is 138 g/mol. The molecule has 4 N–H and O–H groups in total. The molecule has 7 heavy (non-hydrogen) atoms. The van der Waals surface area contributed by atoms with Gasteiger partial charge in [0.2, 0.25) is 0 Å². The van der Waals surface area contributed by atoms with Gasteiger partial charge < -0.3 is 34.2 Å². The molecule has 0 aliphatic carbocycles. The van der Waals surface area contributed by atoms with Crippen LogP contribution in [0.2, 0.25) is 0 Å². The number of rotatable bonds is 0. The van der Waals surface area contributed by atoms with Crippen LogP contribution in [-0.4, -0.2) is 28.3 Å². The molecule has 0 aliphatic rings. The van der Waals surface area contributed by atoms with Crippen LogP contribution < -0.4 is 14.7 Å². The molecular formula is H4AlO5P. The summed E-state index contributed by atoms with van der Waals surface area (Å²) in [7, 11) is -3.37. The Balaban J connectivity index is -0.0000000150. The van der Waals surface area contributed by atoms with Gasteiger partial charge in [-0.15, -0.1) is 0 Å². The molecule has 0 fully saturated rings. The molecule has 0 rings (SSSR count). The summed E-state index contributed by atoms with van der Waals surface area (Å²) >= 11 is 0. The van der Waals surface area contributed by atoms with Crippen molar-refractivity contribution in [2.45, 2.75) is 0 Å². The van der Waals surface area contributed by atoms with Crippen molar-refractivity contribution in [3.63, 3.8) is 0 Å². The molecule has 0 radical (unpaired) electrons. The minimum atomic E-state index is -3.37. The van der Waals surface area contributed by atoms with Crippen molar-refractivity contribution in [2.24, 2.45) is 0 Å². The van der Waals surface area contributed by atoms with Crippen LogP contribution in [0.5, 0.6) is 0 Å². The molecule has 0 saturated heterocycles. The van der Waals surface area contributed by atoms with Crippen LogP contribution in [0.1, 0.15) is 0 Å². The summed E-state index contributed by atoms with van der Waals surface area (Å²) in [5.74, 6) is 0. The van der Waals surface area contributed by atoms with Gasteiger partial charge >= 0.3 is 17.4 Å². The maximum Gasteiger partial charge on any atom is 3.00 e. The predicted octanol–water partition coefficient (Wildman–Crippen LogP) is -4.74. The molecule has 0 aromatic heterocycles. The van der Waals surface area contributed by atoms with Gasteiger partial charge in [-0.05, 0) is 0 Å². The van der Waals surface area contributed by atoms with Gasteiger partial charge in [-0.1, -0.05) is 0 Å². The van der Waals surface area contributed by atoms with E-state index >= 15 is 0 Å². The zero-order valence-corrected chi connectivity index (χ0v) is 5.30. The molecule has 0 unspecified atom stereocenters. The van der Waals surface area contributed by atoms with Gasteiger partial charge in [0.25, 0.3) is 0 Å². The molecule has 0 atom stereocenters. The van der Waals surface area contributed by atoms with Gasteiger partial charge in [0.1, 0.15) is 0 Å². The largest absolute Gasteiger partial charge is 3.00 e. The zero-order chi connectivity index (χ0) is 3.58. The molecule has 0 saturated carbocycles. The molecule has 5 nitrogen and oxygen atoms in total. The van der Waals surface area contributed by atoms with Crippen molar-refractivity contribution < 1.29 is 25.6 Å². The summed E-state index contributed by atoms with van der Waals surface area (Å²) in [6.07, 6.45) is 0. The van der Waals surface area contributed by atoms with Crippen LogP contribution in [0.3, 0.4) is 0 Å². The van der Waals surface area contributed by atoms with Gasteiger partial charge in [0.05, 0.1) is 0 Å². The molecule has 0 amide bonds. The Morgan fingerprint density at radius 3 is 0.857 bits per heavy atom. The van der Waals surface area contributed by atoms with Gasteiger partial charge in [0, 0.05) is 0 Å². The second-order valence-electron chi connectivity index (χ2n) is 0.224. The van der Waals surface area contributed by atoms with Crippen LogP contribution >= 0.6 is 8.60 Å². The Labute approximate surface area is 52.4 Å². The topological polar surface area (TPSA) is 132 Å². The van der Waals surface area contributed by atoms with Gasteiger partial charge in [0.15, 0.2) is 0 Å². The van der Waals surface area contributed by atoms with Gasteiger partial charge in [-0.25, -0.2) is 0 Å². The Bertz CT molecular complexity index is 12.8. The van der Waals surface area contributed by atoms with E-state index in [0.29, 0.717) is 0 Å². The molecule has 42 valence electrons. The summed E-state index contributed by atoms with van der Waals surface area (Å²) in [6.45, 7) is 0. The van der Waals surface area contributed by atoms with Gasteiger partial charge in [-0.3, -0.25) is 0 Å². The van der Waals surface area contributed by atoms with Crippen molar-refractivity contribution in [2.75, 3.05) is 0 Å². The van der Waals surface area contributed by atoms with Gasteiger partial charge in [-0.2, -0.15) is 0 Å². The molecule has 0 spiro atoms. The normalized spacial score (nSPS) is 5.14. The molecule has 7 heteroatoms. The summed E-state index contributed by atoms with van der Waals surface area (Å²) in [5.41, 5.74) is 0. The van der Waals surface area contributed by atoms with Crippen LogP contribution in [0.25, 0.3) is 0 Å². The maximum atomic E-state index is 8.48. The van der Waals surface area contributed by atoms with Crippen molar-refractivity contribution in [1.82, 2.24) is 0 Å². The minimum absolute atomic E-state index is 0. The molecule has 0 heterocycles. The van der Waals surface area contributed by atoms with E-state index in [-0.39, 0.29) is 28.3 Å². The van der Waals surface area contributed by atoms with Crippen LogP contribution in [0, 0.1) is 0 Å². The Morgan fingerprint density at radius 1 is 0.857 bits per heavy atom. The average molecular weight is 142 g/mol. The average Bonchev–Trinajstić information content (AvgIpc) is 0.811. The van der Waals surface area contributed by atoms with Crippen LogP contribution in [-0.2, 0) is 0 Å². The first-order valence-corrected chi connectivity index (χ1v) is 1.64. The Kier molecular flexibility index (Phi) is 56.8. The first-order valence-electron chi connectivity index (χ1n) is 0.548. The van der Waals surface area contributed by atoms with Crippen LogP contribution in [0.4, 0.5) is 0 Å². The first kappa shape index (κ1) is 25.1. The monoisotopic (exact) mass is 142 g/mol. The van der Waals surface area contributed by atoms with E-state index in [0.717, 1.165) is 0 Å². The summed E-state index contributed by atoms with van der Waals surface area (Å²) in [6, 6.07) is 0. The number of hydrogen-bond acceptors (Lipinski definition) is 3. The van der Waals surface area contributed by atoms with E-state index in [9.17, 15) is 0 Å². The molecule has 0 aromatic rings. The molecule has 0 bridgehead atoms. The Hall–Kier alpha value is 0.762. The smallest absolute Gasteiger partial charge is 0.854 e. The van der Waals surface area contributed by atoms with E-state index in [2.05, 4.69) is 0 Å². The number of hydrogen-bond donors (Lipinski definition) is 0. The minimum Gasteiger partial charge on any atom is -0.854 e. The molecule has 0 aromatic carbocycles. The quantitative estimate of drug-likeness (QED) is 0.248. The first-order chi connectivity index (χ1) is 1.73. The van der Waals surface area contributed by atoms with E-state index in [4.69, 9.17) is 14.7 Å². The van der Waals surface area contributed by atoms with E-state index in [1.54, 1.807) is 0 Å². The fourth-order valence-corrected chi connectivity index (χ4v) is 0. The fraction of sp³-hybridized carbons (Fsp3) is 0. The SMILES string of the molecule is O.O.[Al+3].[O-]P([O-])[O-]. The molecule has 0 aliphatic heterocycles. The van der Waals surface area contributed by atoms with E-state index in [1.165, 1.54) is 0 Å². The zero-order valence-electron chi connectivity index (χ0n) is 3.25. The second kappa shape index (κ2) is 15.9. The fourth-order valence-electron chi connectivity index (χ4n) is 0. The third-order valence-corrected chi connectivity index (χ3v) is 0. The van der Waals surface area contributed by atoms with Crippen molar-refractivity contribution >= 4 is 26.0 Å². The standard InChI is InChI=1S/Al.O3P.2H2O/c;1-4(2)3;;/h;;2*1H2/q+3;-3;;. The third-order valence-electron chi connectivity index (χ3n) is 0. The second-order valence-corrected chi connectivity index (χ2v) is 0.671. The summed E-state index contributed by atoms with van der Waals surface area (Å²) < 4.78 is 0. The van der Waals surface area contributed by atoms with Crippen LogP contribution in [0.15, 0.2) is 0 Å². The van der Waals surface area contributed by atoms with Crippen molar-refractivity contribution in [3.05, 3.63) is 0 Å².